The maximum absolute atomic E-state index is 12.8. The number of nitrogens with one attached hydrogen (secondary N) is 1. The zero-order valence-electron chi connectivity index (χ0n) is 15.6. The highest BCUT2D eigenvalue weighted by Crippen LogP contribution is 2.25. The number of likely N-dealkylation sites (tertiary alicyclic amines) is 1. The van der Waals surface area contributed by atoms with E-state index in [1.54, 1.807) is 27.6 Å². The second kappa shape index (κ2) is 8.24. The Hall–Kier alpha value is -2.51. The molecular weight excluding hydrogens is 390 g/mol. The van der Waals surface area contributed by atoms with E-state index >= 15 is 0 Å². The number of nitrogens with zero attached hydrogens (tertiary/aromatic N) is 2. The third-order valence-corrected chi connectivity index (χ3v) is 6.50. The number of carbonyl (C=O) groups is 2. The predicted molar refractivity (Wildman–Crippen MR) is 114 cm³/mol. The van der Waals surface area contributed by atoms with Gasteiger partial charge >= 0.3 is 0 Å². The van der Waals surface area contributed by atoms with Crippen molar-refractivity contribution in [3.63, 3.8) is 0 Å². The molecule has 1 saturated heterocycles. The van der Waals surface area contributed by atoms with Gasteiger partial charge in [-0.2, -0.15) is 0 Å². The van der Waals surface area contributed by atoms with E-state index in [2.05, 4.69) is 10.3 Å². The SMILES string of the molecule is Cc1nc(-c2ccc(NC(=O)C3CCCN3C(=O)Cc3cccs3)cc2)cs1. The summed E-state index contributed by atoms with van der Waals surface area (Å²) in [6.07, 6.45) is 1.93. The molecule has 0 saturated carbocycles. The van der Waals surface area contributed by atoms with Crippen LogP contribution in [0.4, 0.5) is 5.69 Å². The Labute approximate surface area is 172 Å². The molecular formula is C21H21N3O2S2. The summed E-state index contributed by atoms with van der Waals surface area (Å²) in [4.78, 5) is 32.6. The minimum absolute atomic E-state index is 0.0225. The maximum Gasteiger partial charge on any atom is 0.247 e. The van der Waals surface area contributed by atoms with E-state index in [1.807, 2.05) is 54.1 Å². The van der Waals surface area contributed by atoms with Crippen molar-refractivity contribution in [2.75, 3.05) is 11.9 Å². The van der Waals surface area contributed by atoms with Crippen LogP contribution in [0, 0.1) is 6.92 Å². The highest BCUT2D eigenvalue weighted by molar-refractivity contribution is 7.10. The molecule has 1 unspecified atom stereocenters. The van der Waals surface area contributed by atoms with Crippen molar-refractivity contribution < 1.29 is 9.59 Å². The number of carbonyl (C=O) groups excluding carboxylic acids is 2. The number of anilines is 1. The molecule has 2 amide bonds. The third-order valence-electron chi connectivity index (χ3n) is 4.85. The fraction of sp³-hybridized carbons (Fsp3) is 0.286. The number of amides is 2. The van der Waals surface area contributed by atoms with Gasteiger partial charge in [0, 0.05) is 28.1 Å². The Balaban J connectivity index is 1.40. The van der Waals surface area contributed by atoms with Gasteiger partial charge in [0.2, 0.25) is 11.8 Å². The van der Waals surface area contributed by atoms with E-state index in [4.69, 9.17) is 0 Å². The van der Waals surface area contributed by atoms with Gasteiger partial charge in [-0.15, -0.1) is 22.7 Å². The number of hydrogen-bond acceptors (Lipinski definition) is 5. The van der Waals surface area contributed by atoms with Crippen molar-refractivity contribution in [3.05, 3.63) is 57.0 Å². The van der Waals surface area contributed by atoms with E-state index in [0.29, 0.717) is 19.4 Å². The van der Waals surface area contributed by atoms with Crippen LogP contribution in [0.3, 0.4) is 0 Å². The molecule has 4 rings (SSSR count). The first-order chi connectivity index (χ1) is 13.6. The van der Waals surface area contributed by atoms with E-state index in [-0.39, 0.29) is 11.8 Å². The molecule has 5 nitrogen and oxygen atoms in total. The summed E-state index contributed by atoms with van der Waals surface area (Å²) in [6.45, 7) is 2.63. The van der Waals surface area contributed by atoms with Crippen LogP contribution < -0.4 is 5.32 Å². The van der Waals surface area contributed by atoms with E-state index < -0.39 is 6.04 Å². The molecule has 28 heavy (non-hydrogen) atoms. The van der Waals surface area contributed by atoms with E-state index in [9.17, 15) is 9.59 Å². The number of rotatable bonds is 5. The summed E-state index contributed by atoms with van der Waals surface area (Å²) in [5, 5.41) is 7.98. The van der Waals surface area contributed by atoms with Crippen molar-refractivity contribution >= 4 is 40.2 Å². The Morgan fingerprint density at radius 1 is 1.21 bits per heavy atom. The predicted octanol–water partition coefficient (Wildman–Crippen LogP) is 4.35. The quantitative estimate of drug-likeness (QED) is 0.679. The van der Waals surface area contributed by atoms with Gasteiger partial charge in [0.25, 0.3) is 0 Å². The fourth-order valence-electron chi connectivity index (χ4n) is 3.45. The number of hydrogen-bond donors (Lipinski definition) is 1. The van der Waals surface area contributed by atoms with Gasteiger partial charge in [-0.3, -0.25) is 9.59 Å². The summed E-state index contributed by atoms with van der Waals surface area (Å²) >= 11 is 3.19. The monoisotopic (exact) mass is 411 g/mol. The van der Waals surface area contributed by atoms with Crippen molar-refractivity contribution in [1.29, 1.82) is 0 Å². The topological polar surface area (TPSA) is 62.3 Å². The molecule has 1 aliphatic heterocycles. The molecule has 0 spiro atoms. The van der Waals surface area contributed by atoms with Crippen molar-refractivity contribution in [2.45, 2.75) is 32.2 Å². The van der Waals surface area contributed by atoms with Crippen molar-refractivity contribution in [3.8, 4) is 11.3 Å². The van der Waals surface area contributed by atoms with Gasteiger partial charge in [0.05, 0.1) is 17.1 Å². The van der Waals surface area contributed by atoms with Crippen LogP contribution >= 0.6 is 22.7 Å². The van der Waals surface area contributed by atoms with Crippen molar-refractivity contribution in [2.24, 2.45) is 0 Å². The van der Waals surface area contributed by atoms with Gasteiger partial charge in [-0.05, 0) is 43.3 Å². The average Bonchev–Trinajstić information content (AvgIpc) is 3.43. The lowest BCUT2D eigenvalue weighted by molar-refractivity contribution is -0.136. The Bertz CT molecular complexity index is 964. The van der Waals surface area contributed by atoms with Gasteiger partial charge in [0.1, 0.15) is 6.04 Å². The molecule has 0 bridgehead atoms. The lowest BCUT2D eigenvalue weighted by Crippen LogP contribution is -2.43. The summed E-state index contributed by atoms with van der Waals surface area (Å²) in [5.41, 5.74) is 2.70. The standard InChI is InChI=1S/C21H21N3O2S2/c1-14-22-18(13-28-14)15-6-8-16(9-7-15)23-21(26)19-5-2-10-24(19)20(25)12-17-4-3-11-27-17/h3-4,6-9,11,13,19H,2,5,10,12H2,1H3,(H,23,26). The summed E-state index contributed by atoms with van der Waals surface area (Å²) in [5.74, 6) is -0.0939. The molecule has 0 aliphatic carbocycles. The molecule has 7 heteroatoms. The second-order valence-electron chi connectivity index (χ2n) is 6.82. The Morgan fingerprint density at radius 3 is 2.71 bits per heavy atom. The van der Waals surface area contributed by atoms with Crippen LogP contribution in [-0.4, -0.2) is 34.3 Å². The Morgan fingerprint density at radius 2 is 2.04 bits per heavy atom. The number of aryl methyl sites for hydroxylation is 1. The molecule has 3 aromatic rings. The summed E-state index contributed by atoms with van der Waals surface area (Å²) in [7, 11) is 0. The number of thiazole rings is 1. The molecule has 1 fully saturated rings. The molecule has 1 aromatic carbocycles. The Kier molecular flexibility index (Phi) is 5.54. The minimum Gasteiger partial charge on any atom is -0.330 e. The first-order valence-corrected chi connectivity index (χ1v) is 11.0. The maximum atomic E-state index is 12.8. The fourth-order valence-corrected chi connectivity index (χ4v) is 4.77. The molecule has 2 aromatic heterocycles. The largest absolute Gasteiger partial charge is 0.330 e. The first-order valence-electron chi connectivity index (χ1n) is 9.25. The lowest BCUT2D eigenvalue weighted by atomic mass is 10.1. The van der Waals surface area contributed by atoms with Crippen LogP contribution in [0.2, 0.25) is 0 Å². The highest BCUT2D eigenvalue weighted by Gasteiger charge is 2.34. The van der Waals surface area contributed by atoms with Crippen LogP contribution in [0.25, 0.3) is 11.3 Å². The average molecular weight is 412 g/mol. The van der Waals surface area contributed by atoms with Gasteiger partial charge in [0.15, 0.2) is 0 Å². The molecule has 0 radical (unpaired) electrons. The van der Waals surface area contributed by atoms with Gasteiger partial charge in [-0.25, -0.2) is 4.98 Å². The van der Waals surface area contributed by atoms with Crippen LogP contribution in [0.15, 0.2) is 47.2 Å². The van der Waals surface area contributed by atoms with Gasteiger partial charge < -0.3 is 10.2 Å². The van der Waals surface area contributed by atoms with Crippen LogP contribution in [0.1, 0.15) is 22.7 Å². The van der Waals surface area contributed by atoms with Crippen molar-refractivity contribution in [1.82, 2.24) is 9.88 Å². The normalized spacial score (nSPS) is 16.3. The molecule has 1 N–H and O–H groups in total. The third kappa shape index (κ3) is 4.15. The smallest absolute Gasteiger partial charge is 0.247 e. The zero-order chi connectivity index (χ0) is 19.5. The van der Waals surface area contributed by atoms with Crippen LogP contribution in [-0.2, 0) is 16.0 Å². The zero-order valence-corrected chi connectivity index (χ0v) is 17.2. The number of benzene rings is 1. The van der Waals surface area contributed by atoms with E-state index in [0.717, 1.165) is 33.3 Å². The summed E-state index contributed by atoms with van der Waals surface area (Å²) in [6, 6.07) is 11.2. The minimum atomic E-state index is -0.395. The van der Waals surface area contributed by atoms with E-state index in [1.165, 1.54) is 0 Å². The number of aromatic nitrogens is 1. The number of thiophene rings is 1. The van der Waals surface area contributed by atoms with Gasteiger partial charge in [-0.1, -0.05) is 18.2 Å². The molecule has 3 heterocycles. The molecule has 1 aliphatic rings. The lowest BCUT2D eigenvalue weighted by Gasteiger charge is -2.24. The highest BCUT2D eigenvalue weighted by atomic mass is 32.1. The second-order valence-corrected chi connectivity index (χ2v) is 8.91. The molecule has 1 atom stereocenters. The summed E-state index contributed by atoms with van der Waals surface area (Å²) < 4.78 is 0. The molecule has 144 valence electrons. The van der Waals surface area contributed by atoms with Crippen LogP contribution in [0.5, 0.6) is 0 Å². The first kappa shape index (κ1) is 18.8.